The van der Waals surface area contributed by atoms with E-state index in [1.54, 1.807) is 19.6 Å². The molecule has 1 aromatic rings. The van der Waals surface area contributed by atoms with Gasteiger partial charge in [0.15, 0.2) is 5.11 Å². The maximum absolute atomic E-state index is 11.7. The Bertz CT molecular complexity index is 377. The van der Waals surface area contributed by atoms with E-state index in [0.29, 0.717) is 23.2 Å². The van der Waals surface area contributed by atoms with Crippen LogP contribution in [0.4, 0.5) is 0 Å². The first-order valence-electron chi connectivity index (χ1n) is 4.89. The quantitative estimate of drug-likeness (QED) is 0.716. The van der Waals surface area contributed by atoms with Gasteiger partial charge in [0.05, 0.1) is 12.1 Å². The number of hydrogen-bond donors (Lipinski definition) is 2. The van der Waals surface area contributed by atoms with Crippen molar-refractivity contribution in [3.63, 3.8) is 0 Å². The van der Waals surface area contributed by atoms with Gasteiger partial charge in [-0.1, -0.05) is 0 Å². The molecule has 0 fully saturated rings. The largest absolute Gasteiger partial charge is 0.366 e. The van der Waals surface area contributed by atoms with Crippen molar-refractivity contribution in [3.8, 4) is 0 Å². The standard InChI is InChI=1S/C9H16N4OS2/c1-10-9(15)12-3-4-16(14)6-8-5-11-7-13(8)2/h5,7H,3-4,6H2,1-2H3,(H2,10,12,15). The molecule has 0 spiro atoms. The summed E-state index contributed by atoms with van der Waals surface area (Å²) in [6.45, 7) is 0.615. The maximum Gasteiger partial charge on any atom is 0.166 e. The fraction of sp³-hybridized carbons (Fsp3) is 0.556. The smallest absolute Gasteiger partial charge is 0.166 e. The lowest BCUT2D eigenvalue weighted by molar-refractivity contribution is 0.679. The highest BCUT2D eigenvalue weighted by molar-refractivity contribution is 7.84. The average molecular weight is 260 g/mol. The molecular formula is C9H16N4OS2. The normalized spacial score (nSPS) is 12.1. The van der Waals surface area contributed by atoms with Gasteiger partial charge in [-0.15, -0.1) is 0 Å². The first-order chi connectivity index (χ1) is 7.63. The van der Waals surface area contributed by atoms with Crippen molar-refractivity contribution < 1.29 is 4.21 Å². The van der Waals surface area contributed by atoms with Gasteiger partial charge >= 0.3 is 0 Å². The van der Waals surface area contributed by atoms with Gasteiger partial charge in [0.2, 0.25) is 0 Å². The molecule has 0 aliphatic rings. The van der Waals surface area contributed by atoms with E-state index >= 15 is 0 Å². The number of nitrogens with zero attached hydrogens (tertiary/aromatic N) is 2. The van der Waals surface area contributed by atoms with Crippen LogP contribution in [0.5, 0.6) is 0 Å². The van der Waals surface area contributed by atoms with Crippen molar-refractivity contribution in [3.05, 3.63) is 18.2 Å². The molecule has 0 aromatic carbocycles. The van der Waals surface area contributed by atoms with E-state index in [-0.39, 0.29) is 0 Å². The van der Waals surface area contributed by atoms with Crippen molar-refractivity contribution in [2.24, 2.45) is 7.05 Å². The van der Waals surface area contributed by atoms with E-state index in [4.69, 9.17) is 12.2 Å². The first kappa shape index (κ1) is 13.1. The Morgan fingerprint density at radius 3 is 3.00 bits per heavy atom. The third kappa shape index (κ3) is 4.28. The molecule has 0 amide bonds. The number of aromatic nitrogens is 2. The third-order valence-corrected chi connectivity index (χ3v) is 3.69. The van der Waals surface area contributed by atoms with Gasteiger partial charge in [0.1, 0.15) is 0 Å². The summed E-state index contributed by atoms with van der Waals surface area (Å²) in [4.78, 5) is 3.98. The van der Waals surface area contributed by atoms with Crippen molar-refractivity contribution >= 4 is 28.1 Å². The summed E-state index contributed by atoms with van der Waals surface area (Å²) in [7, 11) is 2.76. The zero-order valence-electron chi connectivity index (χ0n) is 9.40. The molecular weight excluding hydrogens is 244 g/mol. The van der Waals surface area contributed by atoms with Crippen LogP contribution in [0, 0.1) is 0 Å². The molecule has 16 heavy (non-hydrogen) atoms. The minimum atomic E-state index is -0.889. The molecule has 0 radical (unpaired) electrons. The maximum atomic E-state index is 11.7. The third-order valence-electron chi connectivity index (χ3n) is 2.07. The molecule has 1 rings (SSSR count). The Kier molecular flexibility index (Phi) is 5.41. The predicted octanol–water partition coefficient (Wildman–Crippen LogP) is -0.237. The average Bonchev–Trinajstić information content (AvgIpc) is 2.64. The SMILES string of the molecule is CNC(=S)NCCS(=O)Cc1cncn1C. The number of thiocarbonyl (C=S) groups is 1. The molecule has 0 saturated carbocycles. The van der Waals surface area contributed by atoms with Gasteiger partial charge in [-0.05, 0) is 12.2 Å². The highest BCUT2D eigenvalue weighted by atomic mass is 32.2. The minimum Gasteiger partial charge on any atom is -0.366 e. The second-order valence-electron chi connectivity index (χ2n) is 3.29. The van der Waals surface area contributed by atoms with Crippen LogP contribution in [0.25, 0.3) is 0 Å². The van der Waals surface area contributed by atoms with E-state index in [0.717, 1.165) is 5.69 Å². The molecule has 2 N–H and O–H groups in total. The molecule has 0 aliphatic carbocycles. The van der Waals surface area contributed by atoms with Crippen LogP contribution in [0.3, 0.4) is 0 Å². The number of hydrogen-bond acceptors (Lipinski definition) is 3. The second-order valence-corrected chi connectivity index (χ2v) is 5.27. The van der Waals surface area contributed by atoms with Crippen molar-refractivity contribution in [1.82, 2.24) is 20.2 Å². The summed E-state index contributed by atoms with van der Waals surface area (Å²) in [6, 6.07) is 0. The highest BCUT2D eigenvalue weighted by Crippen LogP contribution is 2.00. The van der Waals surface area contributed by atoms with Gasteiger partial charge in [-0.2, -0.15) is 0 Å². The minimum absolute atomic E-state index is 0.532. The van der Waals surface area contributed by atoms with E-state index in [2.05, 4.69) is 15.6 Å². The fourth-order valence-electron chi connectivity index (χ4n) is 1.13. The Hall–Kier alpha value is -0.950. The first-order valence-corrected chi connectivity index (χ1v) is 6.79. The predicted molar refractivity (Wildman–Crippen MR) is 69.6 cm³/mol. The van der Waals surface area contributed by atoms with Crippen LogP contribution in [-0.2, 0) is 23.6 Å². The summed E-state index contributed by atoms with van der Waals surface area (Å²) >= 11 is 4.91. The molecule has 1 heterocycles. The van der Waals surface area contributed by atoms with Crippen molar-refractivity contribution in [1.29, 1.82) is 0 Å². The summed E-state index contributed by atoms with van der Waals surface area (Å²) in [5.41, 5.74) is 0.981. The number of aryl methyl sites for hydroxylation is 1. The summed E-state index contributed by atoms with van der Waals surface area (Å²) in [5.74, 6) is 1.11. The van der Waals surface area contributed by atoms with Gasteiger partial charge in [-0.25, -0.2) is 4.98 Å². The molecule has 0 saturated heterocycles. The van der Waals surface area contributed by atoms with E-state index in [1.807, 2.05) is 11.6 Å². The zero-order chi connectivity index (χ0) is 12.0. The van der Waals surface area contributed by atoms with Crippen LogP contribution in [0.1, 0.15) is 5.69 Å². The second kappa shape index (κ2) is 6.59. The molecule has 1 unspecified atom stereocenters. The Morgan fingerprint density at radius 1 is 1.69 bits per heavy atom. The molecule has 5 nitrogen and oxygen atoms in total. The van der Waals surface area contributed by atoms with Gasteiger partial charge < -0.3 is 15.2 Å². The molecule has 1 atom stereocenters. The lowest BCUT2D eigenvalue weighted by Gasteiger charge is -2.06. The van der Waals surface area contributed by atoms with E-state index in [9.17, 15) is 4.21 Å². The molecule has 0 bridgehead atoms. The van der Waals surface area contributed by atoms with Gasteiger partial charge in [0.25, 0.3) is 0 Å². The van der Waals surface area contributed by atoms with Crippen LogP contribution >= 0.6 is 12.2 Å². The summed E-state index contributed by atoms with van der Waals surface area (Å²) in [5, 5.41) is 6.34. The number of imidazole rings is 1. The van der Waals surface area contributed by atoms with Crippen LogP contribution in [-0.4, -0.2) is 38.2 Å². The lowest BCUT2D eigenvalue weighted by Crippen LogP contribution is -2.35. The number of nitrogens with one attached hydrogen (secondary N) is 2. The summed E-state index contributed by atoms with van der Waals surface area (Å²) < 4.78 is 13.6. The van der Waals surface area contributed by atoms with Crippen LogP contribution < -0.4 is 10.6 Å². The Balaban J connectivity index is 2.27. The highest BCUT2D eigenvalue weighted by Gasteiger charge is 2.05. The molecule has 7 heteroatoms. The van der Waals surface area contributed by atoms with Crippen molar-refractivity contribution in [2.45, 2.75) is 5.75 Å². The molecule has 0 aliphatic heterocycles. The van der Waals surface area contributed by atoms with Gasteiger partial charge in [-0.3, -0.25) is 4.21 Å². The van der Waals surface area contributed by atoms with Gasteiger partial charge in [0, 0.05) is 49.1 Å². The van der Waals surface area contributed by atoms with E-state index in [1.165, 1.54) is 0 Å². The topological polar surface area (TPSA) is 58.9 Å². The molecule has 90 valence electrons. The Labute approximate surface area is 103 Å². The van der Waals surface area contributed by atoms with Crippen LogP contribution in [0.15, 0.2) is 12.5 Å². The molecule has 1 aromatic heterocycles. The lowest BCUT2D eigenvalue weighted by atomic mass is 10.5. The monoisotopic (exact) mass is 260 g/mol. The Morgan fingerprint density at radius 2 is 2.44 bits per heavy atom. The van der Waals surface area contributed by atoms with Crippen LogP contribution in [0.2, 0.25) is 0 Å². The van der Waals surface area contributed by atoms with Crippen molar-refractivity contribution in [2.75, 3.05) is 19.3 Å². The summed E-state index contributed by atoms with van der Waals surface area (Å²) in [6.07, 6.45) is 3.45. The van der Waals surface area contributed by atoms with E-state index < -0.39 is 10.8 Å². The fourth-order valence-corrected chi connectivity index (χ4v) is 2.31. The number of rotatable bonds is 5. The zero-order valence-corrected chi connectivity index (χ0v) is 11.0.